The highest BCUT2D eigenvalue weighted by Gasteiger charge is 2.33. The normalized spacial score (nSPS) is 15.2. The Balaban J connectivity index is 1.72. The van der Waals surface area contributed by atoms with Gasteiger partial charge in [-0.1, -0.05) is 17.8 Å². The molecule has 1 saturated heterocycles. The maximum atomic E-state index is 13.6. The lowest BCUT2D eigenvalue weighted by atomic mass is 9.97. The number of carbonyl (C=O) groups excluding carboxylic acids is 2. The van der Waals surface area contributed by atoms with Crippen molar-refractivity contribution in [2.24, 2.45) is 5.92 Å². The Morgan fingerprint density at radius 1 is 1.06 bits per heavy atom. The predicted molar refractivity (Wildman–Crippen MR) is 112 cm³/mol. The molecular weight excluding hydrogens is 446 g/mol. The molecule has 32 heavy (non-hydrogen) atoms. The topological polar surface area (TPSA) is 46.6 Å². The van der Waals surface area contributed by atoms with E-state index in [1.807, 2.05) is 0 Å². The Hall–Kier alpha value is -2.81. The zero-order chi connectivity index (χ0) is 23.3. The lowest BCUT2D eigenvalue weighted by Gasteiger charge is -2.29. The van der Waals surface area contributed by atoms with Crippen LogP contribution in [0, 0.1) is 11.7 Å². The van der Waals surface area contributed by atoms with Crippen LogP contribution < -0.4 is 0 Å². The second-order valence-corrected chi connectivity index (χ2v) is 8.41. The Morgan fingerprint density at radius 2 is 1.69 bits per heavy atom. The third-order valence-corrected chi connectivity index (χ3v) is 6.12. The molecule has 2 aromatic carbocycles. The highest BCUT2D eigenvalue weighted by molar-refractivity contribution is 7.99. The molecule has 0 atom stereocenters. The van der Waals surface area contributed by atoms with E-state index in [4.69, 9.17) is 4.74 Å². The number of hydrogen-bond donors (Lipinski definition) is 0. The summed E-state index contributed by atoms with van der Waals surface area (Å²) in [5.41, 5.74) is -0.989. The molecule has 0 spiro atoms. The van der Waals surface area contributed by atoms with Crippen molar-refractivity contribution in [2.75, 3.05) is 20.2 Å². The molecule has 0 saturated carbocycles. The molecule has 4 nitrogen and oxygen atoms in total. The van der Waals surface area contributed by atoms with Gasteiger partial charge in [-0.15, -0.1) is 0 Å². The first-order valence-electron chi connectivity index (χ1n) is 9.87. The smallest absolute Gasteiger partial charge is 0.417 e. The van der Waals surface area contributed by atoms with Gasteiger partial charge in [-0.25, -0.2) is 4.39 Å². The number of piperidine rings is 1. The first kappa shape index (κ1) is 23.8. The van der Waals surface area contributed by atoms with Crippen LogP contribution in [0.1, 0.15) is 24.0 Å². The van der Waals surface area contributed by atoms with E-state index in [2.05, 4.69) is 0 Å². The summed E-state index contributed by atoms with van der Waals surface area (Å²) in [6, 6.07) is 9.30. The standard InChI is InChI=1S/C23H21F4NO3S/c1-31-22(30)16-10-12-28(13-11-16)21(29)9-3-15-2-6-19(14-20(15)23(25,26)27)32-18-7-4-17(24)5-8-18/h2-9,14,16H,10-13H2,1H3. The number of methoxy groups -OCH3 is 1. The third kappa shape index (κ3) is 6.12. The molecule has 170 valence electrons. The van der Waals surface area contributed by atoms with Crippen LogP contribution >= 0.6 is 11.8 Å². The molecule has 1 aliphatic rings. The number of ether oxygens (including phenoxy) is 1. The average Bonchev–Trinajstić information content (AvgIpc) is 2.78. The minimum Gasteiger partial charge on any atom is -0.469 e. The minimum atomic E-state index is -4.61. The van der Waals surface area contributed by atoms with E-state index in [0.717, 1.165) is 30.0 Å². The largest absolute Gasteiger partial charge is 0.469 e. The van der Waals surface area contributed by atoms with Crippen molar-refractivity contribution in [1.29, 1.82) is 0 Å². The van der Waals surface area contributed by atoms with Gasteiger partial charge >= 0.3 is 12.1 Å². The maximum Gasteiger partial charge on any atom is 0.417 e. The lowest BCUT2D eigenvalue weighted by molar-refractivity contribution is -0.148. The number of alkyl halides is 3. The van der Waals surface area contributed by atoms with Gasteiger partial charge in [0.15, 0.2) is 0 Å². The van der Waals surface area contributed by atoms with E-state index in [9.17, 15) is 27.2 Å². The molecule has 0 radical (unpaired) electrons. The summed E-state index contributed by atoms with van der Waals surface area (Å²) in [6.07, 6.45) is -1.43. The highest BCUT2D eigenvalue weighted by Crippen LogP contribution is 2.37. The van der Waals surface area contributed by atoms with Crippen LogP contribution in [0.25, 0.3) is 6.08 Å². The summed E-state index contributed by atoms with van der Waals surface area (Å²) in [7, 11) is 1.31. The minimum absolute atomic E-state index is 0.126. The zero-order valence-electron chi connectivity index (χ0n) is 17.2. The fourth-order valence-electron chi connectivity index (χ4n) is 3.40. The van der Waals surface area contributed by atoms with Crippen molar-refractivity contribution in [3.63, 3.8) is 0 Å². The number of rotatable bonds is 5. The van der Waals surface area contributed by atoms with Crippen LogP contribution in [-0.4, -0.2) is 37.0 Å². The number of esters is 1. The highest BCUT2D eigenvalue weighted by atomic mass is 32.2. The number of hydrogen-bond acceptors (Lipinski definition) is 4. The summed E-state index contributed by atoms with van der Waals surface area (Å²) in [4.78, 5) is 26.5. The quantitative estimate of drug-likeness (QED) is 0.335. The summed E-state index contributed by atoms with van der Waals surface area (Å²) >= 11 is 1.08. The van der Waals surface area contributed by atoms with Crippen LogP contribution in [0.15, 0.2) is 58.3 Å². The SMILES string of the molecule is COC(=O)C1CCN(C(=O)C=Cc2ccc(Sc3ccc(F)cc3)cc2C(F)(F)F)CC1. The maximum absolute atomic E-state index is 13.6. The summed E-state index contributed by atoms with van der Waals surface area (Å²) in [5, 5.41) is 0. The summed E-state index contributed by atoms with van der Waals surface area (Å²) < 4.78 is 58.6. The molecule has 3 rings (SSSR count). The first-order valence-corrected chi connectivity index (χ1v) is 10.7. The van der Waals surface area contributed by atoms with Gasteiger partial charge in [0, 0.05) is 29.0 Å². The van der Waals surface area contributed by atoms with E-state index < -0.39 is 23.5 Å². The fourth-order valence-corrected chi connectivity index (χ4v) is 4.25. The second kappa shape index (κ2) is 10.2. The van der Waals surface area contributed by atoms with Crippen molar-refractivity contribution in [3.8, 4) is 0 Å². The molecule has 2 aromatic rings. The summed E-state index contributed by atoms with van der Waals surface area (Å²) in [6.45, 7) is 0.671. The van der Waals surface area contributed by atoms with Gasteiger partial charge in [-0.05, 0) is 60.9 Å². The van der Waals surface area contributed by atoms with E-state index in [-0.39, 0.29) is 17.5 Å². The van der Waals surface area contributed by atoms with Gasteiger partial charge in [0.1, 0.15) is 5.82 Å². The molecule has 0 bridgehead atoms. The molecule has 1 heterocycles. The lowest BCUT2D eigenvalue weighted by Crippen LogP contribution is -2.39. The van der Waals surface area contributed by atoms with Crippen LogP contribution in [0.2, 0.25) is 0 Å². The van der Waals surface area contributed by atoms with E-state index >= 15 is 0 Å². The molecular formula is C23H21F4NO3S. The van der Waals surface area contributed by atoms with Gasteiger partial charge in [-0.3, -0.25) is 9.59 Å². The van der Waals surface area contributed by atoms with Crippen LogP contribution in [-0.2, 0) is 20.5 Å². The molecule has 0 N–H and O–H groups in total. The molecule has 0 aromatic heterocycles. The number of nitrogens with zero attached hydrogens (tertiary/aromatic N) is 1. The number of benzene rings is 2. The number of amides is 1. The van der Waals surface area contributed by atoms with Crippen LogP contribution in [0.4, 0.5) is 17.6 Å². The van der Waals surface area contributed by atoms with Crippen molar-refractivity contribution < 1.29 is 31.9 Å². The van der Waals surface area contributed by atoms with Crippen LogP contribution in [0.5, 0.6) is 0 Å². The Bertz CT molecular complexity index is 997. The van der Waals surface area contributed by atoms with Crippen molar-refractivity contribution in [3.05, 3.63) is 65.5 Å². The van der Waals surface area contributed by atoms with Gasteiger partial charge < -0.3 is 9.64 Å². The van der Waals surface area contributed by atoms with Gasteiger partial charge in [0.05, 0.1) is 18.6 Å². The van der Waals surface area contributed by atoms with E-state index in [0.29, 0.717) is 35.7 Å². The van der Waals surface area contributed by atoms with E-state index in [1.54, 1.807) is 0 Å². The third-order valence-electron chi connectivity index (χ3n) is 5.13. The Kier molecular flexibility index (Phi) is 7.60. The number of likely N-dealkylation sites (tertiary alicyclic amines) is 1. The molecule has 0 aliphatic carbocycles. The summed E-state index contributed by atoms with van der Waals surface area (Å²) in [5.74, 6) is -1.42. The molecule has 1 fully saturated rings. The molecule has 1 aliphatic heterocycles. The Morgan fingerprint density at radius 3 is 2.28 bits per heavy atom. The molecule has 0 unspecified atom stereocenters. The molecule has 9 heteroatoms. The second-order valence-electron chi connectivity index (χ2n) is 7.26. The van der Waals surface area contributed by atoms with Gasteiger partial charge in [-0.2, -0.15) is 13.2 Å². The molecule has 1 amide bonds. The van der Waals surface area contributed by atoms with Gasteiger partial charge in [0.2, 0.25) is 5.91 Å². The zero-order valence-corrected chi connectivity index (χ0v) is 18.0. The van der Waals surface area contributed by atoms with Gasteiger partial charge in [0.25, 0.3) is 0 Å². The fraction of sp³-hybridized carbons (Fsp3) is 0.304. The van der Waals surface area contributed by atoms with Crippen molar-refractivity contribution >= 4 is 29.7 Å². The van der Waals surface area contributed by atoms with Crippen molar-refractivity contribution in [2.45, 2.75) is 28.8 Å². The monoisotopic (exact) mass is 467 g/mol. The van der Waals surface area contributed by atoms with E-state index in [1.165, 1.54) is 48.4 Å². The number of halogens is 4. The Labute approximate surface area is 187 Å². The first-order chi connectivity index (χ1) is 15.2. The van der Waals surface area contributed by atoms with Crippen molar-refractivity contribution in [1.82, 2.24) is 4.90 Å². The average molecular weight is 467 g/mol. The van der Waals surface area contributed by atoms with Crippen LogP contribution in [0.3, 0.4) is 0 Å². The predicted octanol–water partition coefficient (Wildman–Crippen LogP) is 5.42. The number of carbonyl (C=O) groups is 2.